The van der Waals surface area contributed by atoms with Gasteiger partial charge in [-0.3, -0.25) is 0 Å². The van der Waals surface area contributed by atoms with Crippen LogP contribution in [0.3, 0.4) is 0 Å². The maximum absolute atomic E-state index is 10.6. The van der Waals surface area contributed by atoms with Gasteiger partial charge in [-0.05, 0) is 18.6 Å². The Balaban J connectivity index is 2.35. The van der Waals surface area contributed by atoms with Gasteiger partial charge >= 0.3 is 0 Å². The number of hydrogen-bond acceptors (Lipinski definition) is 5. The first-order valence-corrected chi connectivity index (χ1v) is 6.99. The predicted octanol–water partition coefficient (Wildman–Crippen LogP) is 2.30. The average Bonchev–Trinajstić information content (AvgIpc) is 2.44. The minimum absolute atomic E-state index is 0.0665. The first kappa shape index (κ1) is 14.8. The molecule has 110 valence electrons. The Morgan fingerprint density at radius 1 is 1.40 bits per heavy atom. The number of nitrogens with zero attached hydrogens (tertiary/aromatic N) is 1. The Labute approximate surface area is 119 Å². The molecule has 0 spiro atoms. The summed E-state index contributed by atoms with van der Waals surface area (Å²) in [6.07, 6.45) is 1.69. The van der Waals surface area contributed by atoms with E-state index in [2.05, 4.69) is 10.3 Å². The minimum atomic E-state index is -0.704. The topological polar surface area (TPSA) is 74.1 Å². The number of aromatic hydroxyl groups is 1. The molecule has 0 bridgehead atoms. The molecule has 1 aliphatic rings. The zero-order valence-electron chi connectivity index (χ0n) is 12.1. The summed E-state index contributed by atoms with van der Waals surface area (Å²) in [6, 6.07) is 3.45. The summed E-state index contributed by atoms with van der Waals surface area (Å²) < 4.78 is 5.56. The number of aliphatic hydroxyl groups excluding tert-OH is 1. The second kappa shape index (κ2) is 6.24. The third-order valence-corrected chi connectivity index (χ3v) is 3.35. The number of benzene rings is 1. The molecule has 2 rings (SSSR count). The van der Waals surface area contributed by atoms with Gasteiger partial charge in [-0.15, -0.1) is 0 Å². The Morgan fingerprint density at radius 3 is 2.80 bits per heavy atom. The van der Waals surface area contributed by atoms with E-state index in [1.807, 2.05) is 20.8 Å². The third-order valence-electron chi connectivity index (χ3n) is 3.35. The van der Waals surface area contributed by atoms with Crippen molar-refractivity contribution in [3.05, 3.63) is 17.7 Å². The van der Waals surface area contributed by atoms with E-state index in [-0.39, 0.29) is 17.8 Å². The predicted molar refractivity (Wildman–Crippen MR) is 79.1 cm³/mol. The van der Waals surface area contributed by atoms with E-state index >= 15 is 0 Å². The first-order chi connectivity index (χ1) is 9.54. The number of phenolic OH excluding ortho intramolecular Hbond substituents is 1. The molecule has 3 N–H and O–H groups in total. The lowest BCUT2D eigenvalue weighted by atomic mass is 9.97. The Hall–Kier alpha value is -1.59. The lowest BCUT2D eigenvalue weighted by Gasteiger charge is -2.27. The zero-order chi connectivity index (χ0) is 14.7. The van der Waals surface area contributed by atoms with Crippen LogP contribution in [0, 0.1) is 0 Å². The van der Waals surface area contributed by atoms with Gasteiger partial charge in [0.05, 0.1) is 6.10 Å². The number of aliphatic hydroxyl groups is 1. The highest BCUT2D eigenvalue weighted by Crippen LogP contribution is 2.43. The first-order valence-electron chi connectivity index (χ1n) is 6.99. The average molecular weight is 278 g/mol. The van der Waals surface area contributed by atoms with Crippen LogP contribution in [0.25, 0.3) is 0 Å². The van der Waals surface area contributed by atoms with Gasteiger partial charge in [0.1, 0.15) is 18.0 Å². The minimum Gasteiger partial charge on any atom is -0.506 e. The van der Waals surface area contributed by atoms with Gasteiger partial charge in [-0.25, -0.2) is 4.99 Å². The van der Waals surface area contributed by atoms with Crippen LogP contribution in [0.4, 0.5) is 5.69 Å². The number of fused-ring (bicyclic) bond motifs is 1. The fraction of sp³-hybridized carbons (Fsp3) is 0.533. The number of hydrogen-bond donors (Lipinski definition) is 3. The highest BCUT2D eigenvalue weighted by molar-refractivity contribution is 5.76. The van der Waals surface area contributed by atoms with E-state index in [1.54, 1.807) is 18.3 Å². The van der Waals surface area contributed by atoms with Crippen molar-refractivity contribution in [2.45, 2.75) is 45.4 Å². The SMILES string of the molecule is CCC(NC(C)C)C(O)c1ccc(O)c2c1OCC=N2. The van der Waals surface area contributed by atoms with Gasteiger partial charge in [0.15, 0.2) is 5.75 Å². The van der Waals surface area contributed by atoms with E-state index in [9.17, 15) is 10.2 Å². The van der Waals surface area contributed by atoms with Crippen LogP contribution in [0.2, 0.25) is 0 Å². The Morgan fingerprint density at radius 2 is 2.15 bits per heavy atom. The van der Waals surface area contributed by atoms with Gasteiger partial charge in [0.2, 0.25) is 0 Å². The number of aliphatic imine (C=N–C) groups is 1. The third kappa shape index (κ3) is 2.94. The largest absolute Gasteiger partial charge is 0.506 e. The summed E-state index contributed by atoms with van der Waals surface area (Å²) in [7, 11) is 0. The summed E-state index contributed by atoms with van der Waals surface area (Å²) in [5.74, 6) is 0.542. The lowest BCUT2D eigenvalue weighted by molar-refractivity contribution is 0.118. The quantitative estimate of drug-likeness (QED) is 0.772. The summed E-state index contributed by atoms with van der Waals surface area (Å²) in [5.41, 5.74) is 1.06. The second-order valence-corrected chi connectivity index (χ2v) is 5.26. The van der Waals surface area contributed by atoms with Crippen molar-refractivity contribution in [2.75, 3.05) is 6.61 Å². The van der Waals surface area contributed by atoms with E-state index in [0.29, 0.717) is 23.6 Å². The van der Waals surface area contributed by atoms with Gasteiger partial charge < -0.3 is 20.3 Å². The Kier molecular flexibility index (Phi) is 4.62. The lowest BCUT2D eigenvalue weighted by Crippen LogP contribution is -2.39. The highest BCUT2D eigenvalue weighted by Gasteiger charge is 2.26. The molecule has 0 amide bonds. The van der Waals surface area contributed by atoms with Crippen LogP contribution in [0.15, 0.2) is 17.1 Å². The second-order valence-electron chi connectivity index (χ2n) is 5.26. The van der Waals surface area contributed by atoms with Crippen LogP contribution in [-0.4, -0.2) is 35.1 Å². The summed E-state index contributed by atoms with van der Waals surface area (Å²) in [6.45, 7) is 6.46. The molecule has 0 aliphatic carbocycles. The van der Waals surface area contributed by atoms with Crippen molar-refractivity contribution < 1.29 is 14.9 Å². The molecule has 2 atom stereocenters. The molecule has 5 heteroatoms. The van der Waals surface area contributed by atoms with Crippen LogP contribution in [-0.2, 0) is 0 Å². The molecule has 0 saturated carbocycles. The monoisotopic (exact) mass is 278 g/mol. The van der Waals surface area contributed by atoms with Crippen LogP contribution in [0.1, 0.15) is 38.9 Å². The molecule has 1 heterocycles. The molecule has 0 radical (unpaired) electrons. The number of ether oxygens (including phenoxy) is 1. The molecule has 0 aromatic heterocycles. The Bertz CT molecular complexity index is 500. The molecule has 5 nitrogen and oxygen atoms in total. The molecule has 0 saturated heterocycles. The van der Waals surface area contributed by atoms with E-state index in [0.717, 1.165) is 6.42 Å². The number of phenols is 1. The van der Waals surface area contributed by atoms with Crippen LogP contribution in [0.5, 0.6) is 11.5 Å². The summed E-state index contributed by atoms with van der Waals surface area (Å²) in [4.78, 5) is 4.15. The fourth-order valence-electron chi connectivity index (χ4n) is 2.41. The molecule has 1 aliphatic heterocycles. The fourth-order valence-corrected chi connectivity index (χ4v) is 2.41. The maximum atomic E-state index is 10.6. The van der Waals surface area contributed by atoms with Crippen LogP contribution < -0.4 is 10.1 Å². The molecular weight excluding hydrogens is 256 g/mol. The number of rotatable bonds is 5. The normalized spacial score (nSPS) is 16.6. The van der Waals surface area contributed by atoms with Crippen molar-refractivity contribution in [2.24, 2.45) is 4.99 Å². The molecular formula is C15H22N2O3. The van der Waals surface area contributed by atoms with Gasteiger partial charge in [-0.2, -0.15) is 0 Å². The maximum Gasteiger partial charge on any atom is 0.155 e. The van der Waals surface area contributed by atoms with Crippen molar-refractivity contribution in [3.8, 4) is 11.5 Å². The molecule has 1 aromatic carbocycles. The molecule has 0 fully saturated rings. The van der Waals surface area contributed by atoms with E-state index in [1.165, 1.54) is 0 Å². The zero-order valence-corrected chi connectivity index (χ0v) is 12.1. The van der Waals surface area contributed by atoms with Gasteiger partial charge in [-0.1, -0.05) is 20.8 Å². The molecule has 20 heavy (non-hydrogen) atoms. The highest BCUT2D eigenvalue weighted by atomic mass is 16.5. The van der Waals surface area contributed by atoms with Crippen LogP contribution >= 0.6 is 0 Å². The van der Waals surface area contributed by atoms with Crippen molar-refractivity contribution in [1.29, 1.82) is 0 Å². The van der Waals surface area contributed by atoms with Crippen molar-refractivity contribution in [1.82, 2.24) is 5.32 Å². The van der Waals surface area contributed by atoms with Gasteiger partial charge in [0.25, 0.3) is 0 Å². The number of nitrogens with one attached hydrogen (secondary N) is 1. The van der Waals surface area contributed by atoms with Crippen molar-refractivity contribution >= 4 is 11.9 Å². The summed E-state index contributed by atoms with van der Waals surface area (Å²) in [5, 5.41) is 23.8. The standard InChI is InChI=1S/C15H22N2O3/c1-4-11(17-9(2)3)14(19)10-5-6-12(18)13-15(10)20-8-7-16-13/h5-7,9,11,14,17-19H,4,8H2,1-3H3. The molecule has 2 unspecified atom stereocenters. The van der Waals surface area contributed by atoms with E-state index in [4.69, 9.17) is 4.74 Å². The van der Waals surface area contributed by atoms with Gasteiger partial charge in [0, 0.05) is 23.9 Å². The molecule has 1 aromatic rings. The summed E-state index contributed by atoms with van der Waals surface area (Å²) >= 11 is 0. The smallest absolute Gasteiger partial charge is 0.155 e. The van der Waals surface area contributed by atoms with E-state index < -0.39 is 6.10 Å². The van der Waals surface area contributed by atoms with Crippen molar-refractivity contribution in [3.63, 3.8) is 0 Å².